The van der Waals surface area contributed by atoms with Gasteiger partial charge in [-0.3, -0.25) is 4.90 Å². The summed E-state index contributed by atoms with van der Waals surface area (Å²) in [6, 6.07) is 2.65. The molecule has 0 aromatic rings. The van der Waals surface area contributed by atoms with E-state index in [2.05, 4.69) is 30.1 Å². The minimum absolute atomic E-state index is 0.150. The third-order valence-corrected chi connectivity index (χ3v) is 4.26. The molecule has 0 bridgehead atoms. The van der Waals surface area contributed by atoms with Gasteiger partial charge in [0.05, 0.1) is 18.6 Å². The molecule has 0 amide bonds. The summed E-state index contributed by atoms with van der Waals surface area (Å²) >= 11 is 0. The van der Waals surface area contributed by atoms with Crippen molar-refractivity contribution in [1.82, 2.24) is 10.2 Å². The van der Waals surface area contributed by atoms with Crippen LogP contribution < -0.4 is 5.32 Å². The predicted octanol–water partition coefficient (Wildman–Crippen LogP) is 1.52. The molecule has 2 saturated heterocycles. The molecule has 0 saturated carbocycles. The summed E-state index contributed by atoms with van der Waals surface area (Å²) in [6.45, 7) is 8.42. The van der Waals surface area contributed by atoms with Crippen LogP contribution in [0.4, 0.5) is 0 Å². The molecule has 2 fully saturated rings. The monoisotopic (exact) mass is 251 g/mol. The largest absolute Gasteiger partial charge is 0.377 e. The van der Waals surface area contributed by atoms with Crippen LogP contribution in [0.3, 0.4) is 0 Å². The summed E-state index contributed by atoms with van der Waals surface area (Å²) in [5.74, 6) is 0. The molecule has 2 atom stereocenters. The van der Waals surface area contributed by atoms with Crippen molar-refractivity contribution >= 4 is 0 Å². The molecular weight excluding hydrogens is 226 g/mol. The molecule has 4 nitrogen and oxygen atoms in total. The van der Waals surface area contributed by atoms with E-state index in [1.54, 1.807) is 0 Å². The van der Waals surface area contributed by atoms with Crippen molar-refractivity contribution < 1.29 is 4.74 Å². The van der Waals surface area contributed by atoms with Crippen molar-refractivity contribution in [2.45, 2.75) is 57.2 Å². The molecule has 1 N–H and O–H groups in total. The Kier molecular flexibility index (Phi) is 4.60. The first kappa shape index (κ1) is 13.8. The topological polar surface area (TPSA) is 48.3 Å². The van der Waals surface area contributed by atoms with Gasteiger partial charge in [-0.1, -0.05) is 0 Å². The van der Waals surface area contributed by atoms with Crippen LogP contribution in [-0.4, -0.2) is 48.8 Å². The van der Waals surface area contributed by atoms with Crippen LogP contribution in [0.15, 0.2) is 0 Å². The summed E-state index contributed by atoms with van der Waals surface area (Å²) < 4.78 is 5.77. The second-order valence-electron chi connectivity index (χ2n) is 6.07. The van der Waals surface area contributed by atoms with Gasteiger partial charge in [-0.05, 0) is 39.7 Å². The smallest absolute Gasteiger partial charge is 0.0703 e. The van der Waals surface area contributed by atoms with Gasteiger partial charge in [0.1, 0.15) is 0 Å². The van der Waals surface area contributed by atoms with Crippen molar-refractivity contribution in [1.29, 1.82) is 5.26 Å². The zero-order valence-electron chi connectivity index (χ0n) is 11.6. The highest BCUT2D eigenvalue weighted by Crippen LogP contribution is 2.27. The zero-order valence-corrected chi connectivity index (χ0v) is 11.6. The highest BCUT2D eigenvalue weighted by molar-refractivity contribution is 4.96. The Labute approximate surface area is 110 Å². The van der Waals surface area contributed by atoms with Gasteiger partial charge in [0.25, 0.3) is 0 Å². The van der Waals surface area contributed by atoms with E-state index in [0.717, 1.165) is 32.7 Å². The van der Waals surface area contributed by atoms with Crippen molar-refractivity contribution in [3.63, 3.8) is 0 Å². The first-order chi connectivity index (χ1) is 8.63. The fourth-order valence-corrected chi connectivity index (χ4v) is 3.10. The van der Waals surface area contributed by atoms with E-state index in [4.69, 9.17) is 10.00 Å². The average molecular weight is 251 g/mol. The zero-order chi connectivity index (χ0) is 13.0. The molecule has 2 unspecified atom stereocenters. The van der Waals surface area contributed by atoms with Crippen LogP contribution in [0.2, 0.25) is 0 Å². The van der Waals surface area contributed by atoms with Gasteiger partial charge in [-0.2, -0.15) is 5.26 Å². The van der Waals surface area contributed by atoms with Crippen LogP contribution in [0, 0.1) is 11.3 Å². The van der Waals surface area contributed by atoms with Crippen molar-refractivity contribution in [2.24, 2.45) is 0 Å². The summed E-state index contributed by atoms with van der Waals surface area (Å²) in [4.78, 5) is 2.51. The van der Waals surface area contributed by atoms with Crippen molar-refractivity contribution in [3.05, 3.63) is 0 Å². The third kappa shape index (κ3) is 3.23. The number of rotatable bonds is 3. The minimum Gasteiger partial charge on any atom is -0.377 e. The Morgan fingerprint density at radius 3 is 3.00 bits per heavy atom. The normalized spacial score (nSPS) is 32.9. The lowest BCUT2D eigenvalue weighted by Crippen LogP contribution is -2.53. The Bertz CT molecular complexity index is 305. The Morgan fingerprint density at radius 1 is 1.50 bits per heavy atom. The number of ether oxygens (including phenoxy) is 1. The van der Waals surface area contributed by atoms with E-state index in [9.17, 15) is 0 Å². The molecule has 2 aliphatic heterocycles. The van der Waals surface area contributed by atoms with Crippen molar-refractivity contribution in [3.8, 4) is 6.07 Å². The molecule has 0 aliphatic carbocycles. The van der Waals surface area contributed by atoms with Gasteiger partial charge < -0.3 is 10.1 Å². The van der Waals surface area contributed by atoms with Crippen LogP contribution in [-0.2, 0) is 4.74 Å². The Hall–Kier alpha value is -0.630. The van der Waals surface area contributed by atoms with Crippen LogP contribution >= 0.6 is 0 Å². The maximum atomic E-state index is 9.02. The lowest BCUT2D eigenvalue weighted by Gasteiger charge is -2.42. The first-order valence-corrected chi connectivity index (χ1v) is 7.09. The van der Waals surface area contributed by atoms with Gasteiger partial charge in [0.2, 0.25) is 0 Å². The molecule has 0 radical (unpaired) electrons. The molecular formula is C14H25N3O. The summed E-state index contributed by atoms with van der Waals surface area (Å²) in [5.41, 5.74) is 0.150. The number of nitriles is 1. The number of nitrogens with zero attached hydrogens (tertiary/aromatic N) is 2. The quantitative estimate of drug-likeness (QED) is 0.826. The molecule has 0 aromatic heterocycles. The summed E-state index contributed by atoms with van der Waals surface area (Å²) in [6.07, 6.45) is 4.44. The van der Waals surface area contributed by atoms with E-state index in [1.807, 2.05) is 0 Å². The van der Waals surface area contributed by atoms with Gasteiger partial charge >= 0.3 is 0 Å². The molecule has 102 valence electrons. The number of hydrogen-bond donors (Lipinski definition) is 1. The van der Waals surface area contributed by atoms with Gasteiger partial charge in [-0.15, -0.1) is 0 Å². The van der Waals surface area contributed by atoms with E-state index in [1.165, 1.54) is 12.8 Å². The number of hydrogen-bond acceptors (Lipinski definition) is 4. The molecule has 2 rings (SSSR count). The van der Waals surface area contributed by atoms with E-state index >= 15 is 0 Å². The van der Waals surface area contributed by atoms with E-state index in [-0.39, 0.29) is 5.54 Å². The molecule has 18 heavy (non-hydrogen) atoms. The highest BCUT2D eigenvalue weighted by atomic mass is 16.5. The van der Waals surface area contributed by atoms with Gasteiger partial charge in [0, 0.05) is 31.3 Å². The summed E-state index contributed by atoms with van der Waals surface area (Å²) in [7, 11) is 0. The third-order valence-electron chi connectivity index (χ3n) is 4.26. The Balaban J connectivity index is 2.08. The fourth-order valence-electron chi connectivity index (χ4n) is 3.10. The molecule has 2 aliphatic rings. The summed E-state index contributed by atoms with van der Waals surface area (Å²) in [5, 5.41) is 12.5. The molecule has 2 heterocycles. The predicted molar refractivity (Wildman–Crippen MR) is 71.3 cm³/mol. The first-order valence-electron chi connectivity index (χ1n) is 7.09. The Morgan fingerprint density at radius 2 is 2.33 bits per heavy atom. The van der Waals surface area contributed by atoms with E-state index in [0.29, 0.717) is 18.6 Å². The van der Waals surface area contributed by atoms with Crippen LogP contribution in [0.5, 0.6) is 0 Å². The number of nitrogens with one attached hydrogen (secondary N) is 1. The second kappa shape index (κ2) is 6.01. The average Bonchev–Trinajstić information content (AvgIpc) is 2.78. The lowest BCUT2D eigenvalue weighted by atomic mass is 9.95. The lowest BCUT2D eigenvalue weighted by molar-refractivity contribution is 0.0109. The van der Waals surface area contributed by atoms with Crippen molar-refractivity contribution in [2.75, 3.05) is 26.2 Å². The molecule has 0 aromatic carbocycles. The maximum Gasteiger partial charge on any atom is 0.0703 e. The SMILES string of the molecule is CC1(C)CCNCC(CC#N)N1CC1CCCO1. The second-order valence-corrected chi connectivity index (χ2v) is 6.07. The minimum atomic E-state index is 0.150. The highest BCUT2D eigenvalue weighted by Gasteiger charge is 2.36. The van der Waals surface area contributed by atoms with Gasteiger partial charge in [-0.25, -0.2) is 0 Å². The maximum absolute atomic E-state index is 9.02. The van der Waals surface area contributed by atoms with Gasteiger partial charge in [0.15, 0.2) is 0 Å². The standard InChI is InChI=1S/C14H25N3O/c1-14(2)6-8-16-10-12(5-7-15)17(14)11-13-4-3-9-18-13/h12-13,16H,3-6,8-11H2,1-2H3. The van der Waals surface area contributed by atoms with E-state index < -0.39 is 0 Å². The fraction of sp³-hybridized carbons (Fsp3) is 0.929. The molecule has 0 spiro atoms. The molecule has 4 heteroatoms. The van der Waals surface area contributed by atoms with Crippen LogP contribution in [0.1, 0.15) is 39.5 Å². The van der Waals surface area contributed by atoms with Crippen LogP contribution in [0.25, 0.3) is 0 Å².